The molecule has 1 amide bonds. The molecule has 0 aromatic heterocycles. The molecule has 4 rings (SSSR count). The van der Waals surface area contributed by atoms with Crippen molar-refractivity contribution >= 4 is 11.7 Å². The quantitative estimate of drug-likeness (QED) is 0.383. The molecule has 0 radical (unpaired) electrons. The highest BCUT2D eigenvalue weighted by atomic mass is 19.4. The molecule has 188 valence electrons. The van der Waals surface area contributed by atoms with E-state index in [-0.39, 0.29) is 48.5 Å². The van der Waals surface area contributed by atoms with Gasteiger partial charge >= 0.3 is 6.18 Å². The van der Waals surface area contributed by atoms with Gasteiger partial charge in [-0.3, -0.25) is 15.1 Å². The Morgan fingerprint density at radius 2 is 1.64 bits per heavy atom. The molecular weight excluding hydrogens is 429 g/mol. The lowest BCUT2D eigenvalue weighted by molar-refractivity contribution is -0.184. The van der Waals surface area contributed by atoms with Crippen molar-refractivity contribution in [1.82, 2.24) is 10.2 Å². The topological polar surface area (TPSA) is 82.2 Å². The minimum atomic E-state index is -4.09. The van der Waals surface area contributed by atoms with E-state index in [1.807, 2.05) is 0 Å². The van der Waals surface area contributed by atoms with Crippen molar-refractivity contribution in [2.75, 3.05) is 13.1 Å². The molecule has 0 aromatic rings. The van der Waals surface area contributed by atoms with Crippen molar-refractivity contribution in [3.63, 3.8) is 0 Å². The van der Waals surface area contributed by atoms with Crippen LogP contribution in [0.15, 0.2) is 0 Å². The van der Waals surface area contributed by atoms with E-state index in [4.69, 9.17) is 11.1 Å². The molecule has 1 heterocycles. The summed E-state index contributed by atoms with van der Waals surface area (Å²) < 4.78 is 39.4. The molecule has 4 atom stereocenters. The van der Waals surface area contributed by atoms with E-state index in [9.17, 15) is 18.0 Å². The lowest BCUT2D eigenvalue weighted by Gasteiger charge is -2.40. The number of alkyl halides is 3. The first-order valence-corrected chi connectivity index (χ1v) is 13.2. The summed E-state index contributed by atoms with van der Waals surface area (Å²) in [5.74, 6) is 0.388. The normalized spacial score (nSPS) is 36.3. The Balaban J connectivity index is 1.40. The predicted molar refractivity (Wildman–Crippen MR) is 123 cm³/mol. The Morgan fingerprint density at radius 1 is 0.939 bits per heavy atom. The van der Waals surface area contributed by atoms with Crippen molar-refractivity contribution in [1.29, 1.82) is 5.41 Å². The molecule has 1 aliphatic heterocycles. The van der Waals surface area contributed by atoms with E-state index in [1.165, 1.54) is 32.1 Å². The van der Waals surface area contributed by atoms with Crippen molar-refractivity contribution in [3.8, 4) is 0 Å². The number of halogens is 3. The van der Waals surface area contributed by atoms with E-state index in [0.717, 1.165) is 32.2 Å². The number of amides is 1. The van der Waals surface area contributed by atoms with Gasteiger partial charge in [-0.25, -0.2) is 0 Å². The SMILES string of the molecule is N=C(N)C1CCC2CC(C(=O)NCC3CCCCC3)N(CC3CCC(C(F)(F)F)CC3)C2C1. The second-order valence-corrected chi connectivity index (χ2v) is 11.2. The van der Waals surface area contributed by atoms with Crippen LogP contribution in [-0.4, -0.2) is 48.0 Å². The number of carbonyl (C=O) groups is 1. The van der Waals surface area contributed by atoms with Crippen LogP contribution in [0.2, 0.25) is 0 Å². The molecular formula is C25H41F3N4O. The third-order valence-electron chi connectivity index (χ3n) is 9.12. The second-order valence-electron chi connectivity index (χ2n) is 11.2. The molecule has 4 N–H and O–H groups in total. The minimum absolute atomic E-state index is 0.0544. The average molecular weight is 471 g/mol. The summed E-state index contributed by atoms with van der Waals surface area (Å²) in [6, 6.07) is 0.00746. The van der Waals surface area contributed by atoms with Crippen molar-refractivity contribution in [2.24, 2.45) is 35.3 Å². The van der Waals surface area contributed by atoms with E-state index in [2.05, 4.69) is 10.2 Å². The minimum Gasteiger partial charge on any atom is -0.387 e. The van der Waals surface area contributed by atoms with Gasteiger partial charge in [-0.15, -0.1) is 0 Å². The highest BCUT2D eigenvalue weighted by Crippen LogP contribution is 2.45. The van der Waals surface area contributed by atoms with Gasteiger partial charge in [0.25, 0.3) is 0 Å². The average Bonchev–Trinajstić information content (AvgIpc) is 3.15. The first-order chi connectivity index (χ1) is 15.7. The third-order valence-corrected chi connectivity index (χ3v) is 9.12. The van der Waals surface area contributed by atoms with Crippen LogP contribution in [-0.2, 0) is 4.79 Å². The van der Waals surface area contributed by atoms with Crippen molar-refractivity contribution in [3.05, 3.63) is 0 Å². The lowest BCUT2D eigenvalue weighted by Crippen LogP contribution is -2.50. The molecule has 3 aliphatic carbocycles. The van der Waals surface area contributed by atoms with Gasteiger partial charge in [0.1, 0.15) is 0 Å². The molecule has 4 aliphatic rings. The Hall–Kier alpha value is -1.31. The predicted octanol–water partition coefficient (Wildman–Crippen LogP) is 4.85. The van der Waals surface area contributed by atoms with E-state index < -0.39 is 12.1 Å². The summed E-state index contributed by atoms with van der Waals surface area (Å²) in [7, 11) is 0. The molecule has 5 nitrogen and oxygen atoms in total. The number of fused-ring (bicyclic) bond motifs is 1. The van der Waals surface area contributed by atoms with Crippen LogP contribution in [0.25, 0.3) is 0 Å². The maximum absolute atomic E-state index is 13.3. The number of nitrogens with one attached hydrogen (secondary N) is 2. The standard InChI is InChI=1S/C25H41F3N4O/c26-25(27,28)20-10-6-17(7-11-20)15-32-21-13-19(23(29)30)9-8-18(21)12-22(32)24(33)31-14-16-4-2-1-3-5-16/h16-22H,1-15H2,(H3,29,30)(H,31,33). The number of likely N-dealkylation sites (tertiary alicyclic amines) is 1. The van der Waals surface area contributed by atoms with Crippen LogP contribution in [0.3, 0.4) is 0 Å². The van der Waals surface area contributed by atoms with Gasteiger partial charge in [0.05, 0.1) is 17.8 Å². The van der Waals surface area contributed by atoms with E-state index in [1.54, 1.807) is 0 Å². The number of amidine groups is 1. The first kappa shape index (κ1) is 24.8. The summed E-state index contributed by atoms with van der Waals surface area (Å²) in [6.45, 7) is 1.43. The fourth-order valence-electron chi connectivity index (χ4n) is 7.07. The summed E-state index contributed by atoms with van der Waals surface area (Å²) in [5.41, 5.74) is 5.84. The monoisotopic (exact) mass is 470 g/mol. The van der Waals surface area contributed by atoms with Gasteiger partial charge < -0.3 is 11.1 Å². The molecule has 0 spiro atoms. The highest BCUT2D eigenvalue weighted by Gasteiger charge is 2.48. The largest absolute Gasteiger partial charge is 0.391 e. The molecule has 0 bridgehead atoms. The molecule has 8 heteroatoms. The fourth-order valence-corrected chi connectivity index (χ4v) is 7.07. The van der Waals surface area contributed by atoms with Crippen LogP contribution in [0, 0.1) is 35.0 Å². The van der Waals surface area contributed by atoms with Gasteiger partial charge in [-0.2, -0.15) is 13.2 Å². The smallest absolute Gasteiger partial charge is 0.387 e. The molecule has 1 saturated heterocycles. The maximum Gasteiger partial charge on any atom is 0.391 e. The fraction of sp³-hybridized carbons (Fsp3) is 0.920. The van der Waals surface area contributed by atoms with Crippen molar-refractivity contribution < 1.29 is 18.0 Å². The molecule has 3 saturated carbocycles. The van der Waals surface area contributed by atoms with E-state index in [0.29, 0.717) is 31.2 Å². The summed E-state index contributed by atoms with van der Waals surface area (Å²) in [5, 5.41) is 11.2. The zero-order valence-electron chi connectivity index (χ0n) is 19.7. The number of nitrogens with zero attached hydrogens (tertiary/aromatic N) is 1. The summed E-state index contributed by atoms with van der Waals surface area (Å²) in [4.78, 5) is 15.6. The van der Waals surface area contributed by atoms with E-state index >= 15 is 0 Å². The number of hydrogen-bond donors (Lipinski definition) is 3. The zero-order chi connectivity index (χ0) is 23.6. The van der Waals surface area contributed by atoms with Gasteiger partial charge in [-0.05, 0) is 82.0 Å². The van der Waals surface area contributed by atoms with Gasteiger partial charge in [0.2, 0.25) is 5.91 Å². The number of carbonyl (C=O) groups excluding carboxylic acids is 1. The Kier molecular flexibility index (Phi) is 7.91. The molecule has 4 fully saturated rings. The van der Waals surface area contributed by atoms with Crippen LogP contribution in [0.5, 0.6) is 0 Å². The number of hydrogen-bond acceptors (Lipinski definition) is 3. The number of nitrogens with two attached hydrogens (primary N) is 1. The van der Waals surface area contributed by atoms with Crippen LogP contribution in [0.1, 0.15) is 83.5 Å². The molecule has 0 aromatic carbocycles. The third kappa shape index (κ3) is 6.04. The first-order valence-electron chi connectivity index (χ1n) is 13.2. The van der Waals surface area contributed by atoms with Gasteiger partial charge in [0, 0.05) is 25.0 Å². The lowest BCUT2D eigenvalue weighted by atomic mass is 9.77. The Labute approximate surface area is 195 Å². The Bertz CT molecular complexity index is 686. The maximum atomic E-state index is 13.3. The van der Waals surface area contributed by atoms with Crippen LogP contribution >= 0.6 is 0 Å². The second kappa shape index (κ2) is 10.5. The molecule has 33 heavy (non-hydrogen) atoms. The Morgan fingerprint density at radius 3 is 2.27 bits per heavy atom. The van der Waals surface area contributed by atoms with Crippen molar-refractivity contribution in [2.45, 2.75) is 102 Å². The highest BCUT2D eigenvalue weighted by molar-refractivity contribution is 5.82. The van der Waals surface area contributed by atoms with Gasteiger partial charge in [-0.1, -0.05) is 19.3 Å². The number of rotatable bonds is 6. The zero-order valence-corrected chi connectivity index (χ0v) is 19.7. The van der Waals surface area contributed by atoms with Crippen LogP contribution in [0.4, 0.5) is 13.2 Å². The molecule has 4 unspecified atom stereocenters. The van der Waals surface area contributed by atoms with Gasteiger partial charge in [0.15, 0.2) is 0 Å². The summed E-state index contributed by atoms with van der Waals surface area (Å²) >= 11 is 0. The van der Waals surface area contributed by atoms with Crippen LogP contribution < -0.4 is 11.1 Å². The summed E-state index contributed by atoms with van der Waals surface area (Å²) in [6.07, 6.45) is 7.09.